The normalized spacial score (nSPS) is 15.5. The van der Waals surface area contributed by atoms with Crippen molar-refractivity contribution in [3.8, 4) is 0 Å². The van der Waals surface area contributed by atoms with Crippen molar-refractivity contribution in [2.45, 2.75) is 45.4 Å². The molecule has 1 aromatic rings. The third-order valence-electron chi connectivity index (χ3n) is 3.82. The third kappa shape index (κ3) is 2.21. The van der Waals surface area contributed by atoms with Gasteiger partial charge in [-0.05, 0) is 54.9 Å². The van der Waals surface area contributed by atoms with Gasteiger partial charge in [-0.2, -0.15) is 0 Å². The SMILES string of the molecule is CCc1cc(C2CCC2)c(C)cc1C(=O)OC. The Balaban J connectivity index is 2.42. The fourth-order valence-corrected chi connectivity index (χ4v) is 2.52. The summed E-state index contributed by atoms with van der Waals surface area (Å²) in [5, 5.41) is 0. The molecule has 0 unspecified atom stereocenters. The lowest BCUT2D eigenvalue weighted by molar-refractivity contribution is 0.0599. The number of rotatable bonds is 3. The molecule has 1 saturated carbocycles. The number of carbonyl (C=O) groups is 1. The first-order valence-corrected chi connectivity index (χ1v) is 6.39. The fourth-order valence-electron chi connectivity index (χ4n) is 2.52. The van der Waals surface area contributed by atoms with E-state index in [-0.39, 0.29) is 5.97 Å². The molecule has 2 heteroatoms. The second-order valence-corrected chi connectivity index (χ2v) is 4.84. The Hall–Kier alpha value is -1.31. The minimum Gasteiger partial charge on any atom is -0.465 e. The molecule has 0 bridgehead atoms. The number of ether oxygens (including phenoxy) is 1. The summed E-state index contributed by atoms with van der Waals surface area (Å²) >= 11 is 0. The molecule has 2 nitrogen and oxygen atoms in total. The first kappa shape index (κ1) is 12.2. The average Bonchev–Trinajstić information content (AvgIpc) is 2.27. The topological polar surface area (TPSA) is 26.3 Å². The maximum Gasteiger partial charge on any atom is 0.338 e. The zero-order valence-corrected chi connectivity index (χ0v) is 10.9. The molecule has 0 aliphatic heterocycles. The van der Waals surface area contributed by atoms with Crippen molar-refractivity contribution in [3.63, 3.8) is 0 Å². The quantitative estimate of drug-likeness (QED) is 0.744. The molecular formula is C15H20O2. The maximum atomic E-state index is 11.7. The van der Waals surface area contributed by atoms with Crippen molar-refractivity contribution < 1.29 is 9.53 Å². The van der Waals surface area contributed by atoms with Gasteiger partial charge in [0, 0.05) is 0 Å². The van der Waals surface area contributed by atoms with Gasteiger partial charge < -0.3 is 4.74 Å². The molecule has 1 aliphatic rings. The zero-order chi connectivity index (χ0) is 12.4. The minimum atomic E-state index is -0.217. The molecule has 0 amide bonds. The smallest absolute Gasteiger partial charge is 0.338 e. The van der Waals surface area contributed by atoms with E-state index in [4.69, 9.17) is 4.74 Å². The van der Waals surface area contributed by atoms with Crippen LogP contribution in [0.5, 0.6) is 0 Å². The standard InChI is InChI=1S/C15H20O2/c1-4-11-9-13(12-6-5-7-12)10(2)8-14(11)15(16)17-3/h8-9,12H,4-7H2,1-3H3. The number of methoxy groups -OCH3 is 1. The fraction of sp³-hybridized carbons (Fsp3) is 0.533. The minimum absolute atomic E-state index is 0.217. The summed E-state index contributed by atoms with van der Waals surface area (Å²) in [5.74, 6) is 0.497. The molecule has 1 aromatic carbocycles. The Morgan fingerprint density at radius 1 is 1.41 bits per heavy atom. The van der Waals surface area contributed by atoms with Crippen molar-refractivity contribution >= 4 is 5.97 Å². The molecule has 92 valence electrons. The van der Waals surface area contributed by atoms with Crippen LogP contribution in [0.15, 0.2) is 12.1 Å². The van der Waals surface area contributed by atoms with Crippen molar-refractivity contribution in [2.75, 3.05) is 7.11 Å². The number of benzene rings is 1. The molecular weight excluding hydrogens is 212 g/mol. The molecule has 17 heavy (non-hydrogen) atoms. The number of aryl methyl sites for hydroxylation is 2. The zero-order valence-electron chi connectivity index (χ0n) is 10.9. The Morgan fingerprint density at radius 2 is 2.12 bits per heavy atom. The number of esters is 1. The summed E-state index contributed by atoms with van der Waals surface area (Å²) in [6, 6.07) is 4.21. The Kier molecular flexibility index (Phi) is 3.51. The third-order valence-corrected chi connectivity index (χ3v) is 3.82. The predicted octanol–water partition coefficient (Wildman–Crippen LogP) is 3.61. The monoisotopic (exact) mass is 232 g/mol. The molecule has 0 aromatic heterocycles. The number of hydrogen-bond acceptors (Lipinski definition) is 2. The van der Waals surface area contributed by atoms with Crippen molar-refractivity contribution in [1.29, 1.82) is 0 Å². The summed E-state index contributed by atoms with van der Waals surface area (Å²) in [4.78, 5) is 11.7. The van der Waals surface area contributed by atoms with Gasteiger partial charge in [0.1, 0.15) is 0 Å². The summed E-state index contributed by atoms with van der Waals surface area (Å²) in [6.45, 7) is 4.18. The highest BCUT2D eigenvalue weighted by atomic mass is 16.5. The average molecular weight is 232 g/mol. The summed E-state index contributed by atoms with van der Waals surface area (Å²) < 4.78 is 4.84. The van der Waals surface area contributed by atoms with Gasteiger partial charge in [-0.15, -0.1) is 0 Å². The second kappa shape index (κ2) is 4.91. The predicted molar refractivity (Wildman–Crippen MR) is 68.5 cm³/mol. The van der Waals surface area contributed by atoms with Gasteiger partial charge in [-0.1, -0.05) is 19.4 Å². The first-order valence-electron chi connectivity index (χ1n) is 6.39. The molecule has 0 saturated heterocycles. The van der Waals surface area contributed by atoms with E-state index in [2.05, 4.69) is 19.9 Å². The highest BCUT2D eigenvalue weighted by molar-refractivity contribution is 5.91. The summed E-state index contributed by atoms with van der Waals surface area (Å²) in [6.07, 6.45) is 4.80. The van der Waals surface area contributed by atoms with Gasteiger partial charge in [0.15, 0.2) is 0 Å². The lowest BCUT2D eigenvalue weighted by Gasteiger charge is -2.28. The van der Waals surface area contributed by atoms with Gasteiger partial charge in [0.2, 0.25) is 0 Å². The van der Waals surface area contributed by atoms with E-state index in [9.17, 15) is 4.79 Å². The largest absolute Gasteiger partial charge is 0.465 e. The lowest BCUT2D eigenvalue weighted by atomic mass is 9.77. The molecule has 1 fully saturated rings. The van der Waals surface area contributed by atoms with Crippen molar-refractivity contribution in [3.05, 3.63) is 34.4 Å². The molecule has 0 atom stereocenters. The van der Waals surface area contributed by atoms with Crippen LogP contribution in [0.3, 0.4) is 0 Å². The highest BCUT2D eigenvalue weighted by Crippen LogP contribution is 2.38. The van der Waals surface area contributed by atoms with Gasteiger partial charge in [-0.25, -0.2) is 4.79 Å². The molecule has 0 heterocycles. The van der Waals surface area contributed by atoms with E-state index in [1.54, 1.807) is 0 Å². The Bertz CT molecular complexity index is 431. The van der Waals surface area contributed by atoms with E-state index in [1.807, 2.05) is 6.07 Å². The summed E-state index contributed by atoms with van der Waals surface area (Å²) in [5.41, 5.74) is 4.51. The van der Waals surface area contributed by atoms with Crippen molar-refractivity contribution in [1.82, 2.24) is 0 Å². The molecule has 0 radical (unpaired) electrons. The summed E-state index contributed by atoms with van der Waals surface area (Å²) in [7, 11) is 1.44. The van der Waals surface area contributed by atoms with Crippen LogP contribution in [0.2, 0.25) is 0 Å². The van der Waals surface area contributed by atoms with E-state index in [1.165, 1.54) is 37.5 Å². The van der Waals surface area contributed by atoms with E-state index in [0.29, 0.717) is 5.92 Å². The maximum absolute atomic E-state index is 11.7. The van der Waals surface area contributed by atoms with Gasteiger partial charge >= 0.3 is 5.97 Å². The van der Waals surface area contributed by atoms with Gasteiger partial charge in [-0.3, -0.25) is 0 Å². The van der Waals surface area contributed by atoms with E-state index >= 15 is 0 Å². The molecule has 0 spiro atoms. The number of hydrogen-bond donors (Lipinski definition) is 0. The van der Waals surface area contributed by atoms with Crippen LogP contribution >= 0.6 is 0 Å². The van der Waals surface area contributed by atoms with Crippen LogP contribution in [-0.4, -0.2) is 13.1 Å². The van der Waals surface area contributed by atoms with Crippen LogP contribution in [0.25, 0.3) is 0 Å². The van der Waals surface area contributed by atoms with Crippen LogP contribution in [0, 0.1) is 6.92 Å². The number of carbonyl (C=O) groups excluding carboxylic acids is 1. The van der Waals surface area contributed by atoms with Crippen LogP contribution in [0.4, 0.5) is 0 Å². The van der Waals surface area contributed by atoms with Crippen LogP contribution in [-0.2, 0) is 11.2 Å². The van der Waals surface area contributed by atoms with Crippen LogP contribution in [0.1, 0.15) is 59.2 Å². The molecule has 0 N–H and O–H groups in total. The van der Waals surface area contributed by atoms with Crippen molar-refractivity contribution in [2.24, 2.45) is 0 Å². The Labute approximate surface area is 103 Å². The van der Waals surface area contributed by atoms with E-state index < -0.39 is 0 Å². The van der Waals surface area contributed by atoms with Crippen LogP contribution < -0.4 is 0 Å². The molecule has 2 rings (SSSR count). The Morgan fingerprint density at radius 3 is 2.59 bits per heavy atom. The first-order chi connectivity index (χ1) is 8.17. The van der Waals surface area contributed by atoms with Gasteiger partial charge in [0.05, 0.1) is 12.7 Å². The van der Waals surface area contributed by atoms with E-state index in [0.717, 1.165) is 17.5 Å². The highest BCUT2D eigenvalue weighted by Gasteiger charge is 2.23. The lowest BCUT2D eigenvalue weighted by Crippen LogP contribution is -2.13. The van der Waals surface area contributed by atoms with Gasteiger partial charge in [0.25, 0.3) is 0 Å². The second-order valence-electron chi connectivity index (χ2n) is 4.84. The molecule has 1 aliphatic carbocycles.